The topological polar surface area (TPSA) is 58.0 Å². The minimum absolute atomic E-state index is 0.331. The van der Waals surface area contributed by atoms with Gasteiger partial charge in [0.2, 0.25) is 0 Å². The van der Waals surface area contributed by atoms with Gasteiger partial charge in [-0.1, -0.05) is 42.8 Å². The molecule has 0 radical (unpaired) electrons. The molecule has 1 aromatic carbocycles. The molecular weight excluding hydrogens is 324 g/mol. The quantitative estimate of drug-likeness (QED) is 0.727. The van der Waals surface area contributed by atoms with Gasteiger partial charge in [0.15, 0.2) is 5.76 Å². The summed E-state index contributed by atoms with van der Waals surface area (Å²) < 4.78 is 5.49. The lowest BCUT2D eigenvalue weighted by atomic mass is 9.95. The molecule has 136 valence electrons. The van der Waals surface area contributed by atoms with Gasteiger partial charge in [-0.3, -0.25) is 10.00 Å². The van der Waals surface area contributed by atoms with E-state index in [9.17, 15) is 0 Å². The molecular formula is C21H26N4O. The lowest BCUT2D eigenvalue weighted by molar-refractivity contribution is 0.137. The first-order valence-corrected chi connectivity index (χ1v) is 9.53. The number of hydrogen-bond acceptors (Lipinski definition) is 4. The molecule has 1 aliphatic heterocycles. The Hall–Kier alpha value is -2.40. The number of piperidine rings is 1. The Labute approximate surface area is 154 Å². The van der Waals surface area contributed by atoms with E-state index in [4.69, 9.17) is 4.52 Å². The molecule has 0 spiro atoms. The second kappa shape index (κ2) is 7.46. The predicted octanol–water partition coefficient (Wildman–Crippen LogP) is 4.66. The van der Waals surface area contributed by atoms with Gasteiger partial charge in [0.25, 0.3) is 0 Å². The van der Waals surface area contributed by atoms with Crippen LogP contribution in [0.3, 0.4) is 0 Å². The van der Waals surface area contributed by atoms with E-state index < -0.39 is 0 Å². The molecule has 1 N–H and O–H groups in total. The molecule has 0 saturated carbocycles. The highest BCUT2D eigenvalue weighted by Gasteiger charge is 2.28. The highest BCUT2D eigenvalue weighted by atomic mass is 16.5. The zero-order valence-corrected chi connectivity index (χ0v) is 15.5. The van der Waals surface area contributed by atoms with Crippen molar-refractivity contribution in [2.45, 2.75) is 52.1 Å². The lowest BCUT2D eigenvalue weighted by Crippen LogP contribution is -2.33. The van der Waals surface area contributed by atoms with Crippen LogP contribution >= 0.6 is 0 Å². The van der Waals surface area contributed by atoms with Crippen molar-refractivity contribution in [3.05, 3.63) is 59.0 Å². The maximum Gasteiger partial charge on any atom is 0.170 e. The van der Waals surface area contributed by atoms with Crippen molar-refractivity contribution < 1.29 is 4.52 Å². The molecule has 4 rings (SSSR count). The number of hydrogen-bond donors (Lipinski definition) is 1. The maximum atomic E-state index is 5.49. The SMILES string of the molecule is CCc1ccc(CN2CCCCC2c2[nH]ncc2-c2cc(C)no2)cc1. The number of H-pyrrole nitrogens is 1. The average molecular weight is 350 g/mol. The highest BCUT2D eigenvalue weighted by Crippen LogP contribution is 2.36. The minimum atomic E-state index is 0.331. The number of aromatic nitrogens is 3. The Morgan fingerprint density at radius 1 is 1.19 bits per heavy atom. The number of nitrogens with zero attached hydrogens (tertiary/aromatic N) is 3. The third kappa shape index (κ3) is 3.44. The van der Waals surface area contributed by atoms with E-state index in [1.165, 1.54) is 24.0 Å². The van der Waals surface area contributed by atoms with Gasteiger partial charge in [0.05, 0.1) is 29.2 Å². The van der Waals surface area contributed by atoms with Crippen molar-refractivity contribution in [1.82, 2.24) is 20.3 Å². The molecule has 1 aliphatic rings. The first kappa shape index (κ1) is 17.0. The summed E-state index contributed by atoms with van der Waals surface area (Å²) in [5, 5.41) is 11.6. The Kier molecular flexibility index (Phi) is 4.89. The van der Waals surface area contributed by atoms with Crippen molar-refractivity contribution in [2.75, 3.05) is 6.54 Å². The summed E-state index contributed by atoms with van der Waals surface area (Å²) in [6.07, 6.45) is 6.56. The van der Waals surface area contributed by atoms with Crippen LogP contribution in [-0.2, 0) is 13.0 Å². The summed E-state index contributed by atoms with van der Waals surface area (Å²) in [4.78, 5) is 2.56. The van der Waals surface area contributed by atoms with Crippen LogP contribution in [0.1, 0.15) is 54.7 Å². The van der Waals surface area contributed by atoms with Crippen LogP contribution in [0.15, 0.2) is 41.1 Å². The zero-order chi connectivity index (χ0) is 17.9. The van der Waals surface area contributed by atoms with Crippen LogP contribution in [0.2, 0.25) is 0 Å². The monoisotopic (exact) mass is 350 g/mol. The van der Waals surface area contributed by atoms with Crippen LogP contribution in [-0.4, -0.2) is 26.8 Å². The third-order valence-corrected chi connectivity index (χ3v) is 5.33. The Morgan fingerprint density at radius 2 is 2.00 bits per heavy atom. The molecule has 1 fully saturated rings. The van der Waals surface area contributed by atoms with Crippen molar-refractivity contribution in [1.29, 1.82) is 0 Å². The Balaban J connectivity index is 1.59. The second-order valence-corrected chi connectivity index (χ2v) is 7.18. The predicted molar refractivity (Wildman–Crippen MR) is 102 cm³/mol. The van der Waals surface area contributed by atoms with Crippen LogP contribution in [0.4, 0.5) is 0 Å². The van der Waals surface area contributed by atoms with Gasteiger partial charge >= 0.3 is 0 Å². The van der Waals surface area contributed by atoms with Gasteiger partial charge in [0, 0.05) is 12.6 Å². The molecule has 1 saturated heterocycles. The molecule has 3 heterocycles. The number of aromatic amines is 1. The van der Waals surface area contributed by atoms with Gasteiger partial charge in [-0.2, -0.15) is 5.10 Å². The van der Waals surface area contributed by atoms with Crippen LogP contribution in [0.5, 0.6) is 0 Å². The number of benzene rings is 1. The molecule has 1 unspecified atom stereocenters. The minimum Gasteiger partial charge on any atom is -0.356 e. The van der Waals surface area contributed by atoms with E-state index in [0.717, 1.165) is 48.6 Å². The van der Waals surface area contributed by atoms with E-state index in [2.05, 4.69) is 51.4 Å². The summed E-state index contributed by atoms with van der Waals surface area (Å²) in [6.45, 7) is 6.21. The van der Waals surface area contributed by atoms with E-state index in [-0.39, 0.29) is 0 Å². The van der Waals surface area contributed by atoms with E-state index in [0.29, 0.717) is 6.04 Å². The number of nitrogens with one attached hydrogen (secondary N) is 1. The molecule has 2 aromatic heterocycles. The van der Waals surface area contributed by atoms with Crippen LogP contribution in [0, 0.1) is 6.92 Å². The molecule has 5 nitrogen and oxygen atoms in total. The van der Waals surface area contributed by atoms with Crippen LogP contribution in [0.25, 0.3) is 11.3 Å². The Morgan fingerprint density at radius 3 is 2.73 bits per heavy atom. The first-order chi connectivity index (χ1) is 12.7. The van der Waals surface area contributed by atoms with Gasteiger partial charge in [-0.05, 0) is 43.9 Å². The molecule has 1 atom stereocenters. The number of likely N-dealkylation sites (tertiary alicyclic amines) is 1. The Bertz CT molecular complexity index is 849. The second-order valence-electron chi connectivity index (χ2n) is 7.18. The van der Waals surface area contributed by atoms with Crippen molar-refractivity contribution in [3.8, 4) is 11.3 Å². The molecule has 0 bridgehead atoms. The summed E-state index contributed by atoms with van der Waals surface area (Å²) in [7, 11) is 0. The molecule has 26 heavy (non-hydrogen) atoms. The lowest BCUT2D eigenvalue weighted by Gasteiger charge is -2.35. The maximum absolute atomic E-state index is 5.49. The smallest absolute Gasteiger partial charge is 0.170 e. The van der Waals surface area contributed by atoms with Gasteiger partial charge < -0.3 is 4.52 Å². The van der Waals surface area contributed by atoms with Gasteiger partial charge in [0.1, 0.15) is 0 Å². The average Bonchev–Trinajstić information content (AvgIpc) is 3.31. The van der Waals surface area contributed by atoms with Crippen molar-refractivity contribution in [3.63, 3.8) is 0 Å². The molecule has 3 aromatic rings. The number of rotatable bonds is 5. The van der Waals surface area contributed by atoms with Crippen LogP contribution < -0.4 is 0 Å². The fourth-order valence-corrected chi connectivity index (χ4v) is 3.86. The van der Waals surface area contributed by atoms with Crippen molar-refractivity contribution >= 4 is 0 Å². The summed E-state index contributed by atoms with van der Waals surface area (Å²) in [5.74, 6) is 0.795. The molecule has 5 heteroatoms. The summed E-state index contributed by atoms with van der Waals surface area (Å²) in [5.41, 5.74) is 5.82. The third-order valence-electron chi connectivity index (χ3n) is 5.33. The van der Waals surface area contributed by atoms with E-state index in [1.807, 2.05) is 19.2 Å². The van der Waals surface area contributed by atoms with Gasteiger partial charge in [-0.15, -0.1) is 0 Å². The molecule has 0 amide bonds. The molecule has 0 aliphatic carbocycles. The van der Waals surface area contributed by atoms with Crippen molar-refractivity contribution in [2.24, 2.45) is 0 Å². The highest BCUT2D eigenvalue weighted by molar-refractivity contribution is 5.60. The standard InChI is InChI=1S/C21H26N4O/c1-3-16-7-9-17(10-8-16)14-25-11-5-4-6-19(25)21-18(13-22-23-21)20-12-15(2)24-26-20/h7-10,12-13,19H,3-6,11,14H2,1-2H3,(H,22,23). The fraction of sp³-hybridized carbons (Fsp3) is 0.429. The summed E-state index contributed by atoms with van der Waals surface area (Å²) in [6, 6.07) is 11.3. The van der Waals surface area contributed by atoms with E-state index in [1.54, 1.807) is 0 Å². The van der Waals surface area contributed by atoms with E-state index >= 15 is 0 Å². The van der Waals surface area contributed by atoms with Gasteiger partial charge in [-0.25, -0.2) is 0 Å². The normalized spacial score (nSPS) is 18.3. The first-order valence-electron chi connectivity index (χ1n) is 9.53. The zero-order valence-electron chi connectivity index (χ0n) is 15.5. The fourth-order valence-electron chi connectivity index (χ4n) is 3.86. The number of aryl methyl sites for hydroxylation is 2. The summed E-state index contributed by atoms with van der Waals surface area (Å²) >= 11 is 0. The largest absolute Gasteiger partial charge is 0.356 e.